The van der Waals surface area contributed by atoms with E-state index in [0.717, 1.165) is 10.1 Å². The van der Waals surface area contributed by atoms with Gasteiger partial charge in [-0.05, 0) is 43.4 Å². The third kappa shape index (κ3) is 4.61. The monoisotopic (exact) mass is 294 g/mol. The Bertz CT molecular complexity index is 265. The molecule has 1 rings (SSSR count). The van der Waals surface area contributed by atoms with E-state index in [1.165, 1.54) is 0 Å². The van der Waals surface area contributed by atoms with Crippen LogP contribution in [0, 0.1) is 3.57 Å². The van der Waals surface area contributed by atoms with Crippen LogP contribution in [-0.4, -0.2) is 22.0 Å². The summed E-state index contributed by atoms with van der Waals surface area (Å²) in [6.07, 6.45) is 3.85. The van der Waals surface area contributed by atoms with Crippen molar-refractivity contribution in [1.82, 2.24) is 9.78 Å². The lowest BCUT2D eigenvalue weighted by atomic mass is 10.2. The molecule has 0 unspecified atom stereocenters. The predicted molar refractivity (Wildman–Crippen MR) is 60.6 cm³/mol. The summed E-state index contributed by atoms with van der Waals surface area (Å²) in [6, 6.07) is 0. The lowest BCUT2D eigenvalue weighted by Gasteiger charge is -2.19. The molecular formula is C9H15IN2O. The largest absolute Gasteiger partial charge is 0.374 e. The molecule has 13 heavy (non-hydrogen) atoms. The van der Waals surface area contributed by atoms with Crippen molar-refractivity contribution in [2.75, 3.05) is 6.61 Å². The molecule has 1 heterocycles. The van der Waals surface area contributed by atoms with Crippen molar-refractivity contribution < 1.29 is 4.74 Å². The van der Waals surface area contributed by atoms with Gasteiger partial charge in [-0.15, -0.1) is 0 Å². The average molecular weight is 294 g/mol. The first-order valence-corrected chi connectivity index (χ1v) is 5.37. The van der Waals surface area contributed by atoms with Crippen LogP contribution in [-0.2, 0) is 11.3 Å². The molecule has 0 aliphatic carbocycles. The summed E-state index contributed by atoms with van der Waals surface area (Å²) in [5.74, 6) is 0. The Morgan fingerprint density at radius 3 is 2.69 bits per heavy atom. The van der Waals surface area contributed by atoms with Crippen molar-refractivity contribution in [3.05, 3.63) is 16.0 Å². The summed E-state index contributed by atoms with van der Waals surface area (Å²) >= 11 is 2.24. The van der Waals surface area contributed by atoms with Crippen LogP contribution in [0.5, 0.6) is 0 Å². The lowest BCUT2D eigenvalue weighted by Crippen LogP contribution is -2.21. The fraction of sp³-hybridized carbons (Fsp3) is 0.667. The van der Waals surface area contributed by atoms with E-state index in [1.54, 1.807) is 0 Å². The average Bonchev–Trinajstić information content (AvgIpc) is 2.33. The molecule has 3 nitrogen and oxygen atoms in total. The Hall–Kier alpha value is -0.100. The highest BCUT2D eigenvalue weighted by molar-refractivity contribution is 14.1. The summed E-state index contributed by atoms with van der Waals surface area (Å²) in [5, 5.41) is 4.16. The number of aromatic nitrogens is 2. The van der Waals surface area contributed by atoms with E-state index in [-0.39, 0.29) is 5.60 Å². The van der Waals surface area contributed by atoms with Crippen LogP contribution in [0.15, 0.2) is 12.4 Å². The SMILES string of the molecule is CC(C)(C)OCCn1cc(I)cn1. The molecule has 0 amide bonds. The minimum Gasteiger partial charge on any atom is -0.374 e. The maximum atomic E-state index is 5.58. The summed E-state index contributed by atoms with van der Waals surface area (Å²) in [4.78, 5) is 0. The second kappa shape index (κ2) is 4.41. The lowest BCUT2D eigenvalue weighted by molar-refractivity contribution is -0.00790. The molecule has 0 N–H and O–H groups in total. The molecule has 74 valence electrons. The Kier molecular flexibility index (Phi) is 3.73. The molecule has 0 bridgehead atoms. The molecule has 0 saturated carbocycles. The van der Waals surface area contributed by atoms with Gasteiger partial charge in [-0.25, -0.2) is 0 Å². The molecule has 4 heteroatoms. The molecule has 0 aliphatic heterocycles. The van der Waals surface area contributed by atoms with E-state index in [9.17, 15) is 0 Å². The van der Waals surface area contributed by atoms with Crippen LogP contribution in [0.3, 0.4) is 0 Å². The molecule has 0 fully saturated rings. The van der Waals surface area contributed by atoms with Gasteiger partial charge < -0.3 is 4.74 Å². The van der Waals surface area contributed by atoms with Crippen LogP contribution < -0.4 is 0 Å². The van der Waals surface area contributed by atoms with Gasteiger partial charge in [-0.3, -0.25) is 4.68 Å². The zero-order chi connectivity index (χ0) is 9.90. The zero-order valence-electron chi connectivity index (χ0n) is 8.25. The maximum absolute atomic E-state index is 5.58. The second-order valence-corrected chi connectivity index (χ2v) is 5.13. The molecule has 0 aromatic carbocycles. The summed E-state index contributed by atoms with van der Waals surface area (Å²) < 4.78 is 8.64. The van der Waals surface area contributed by atoms with Crippen LogP contribution in [0.25, 0.3) is 0 Å². The van der Waals surface area contributed by atoms with Crippen molar-refractivity contribution in [3.63, 3.8) is 0 Å². The van der Waals surface area contributed by atoms with Crippen LogP contribution >= 0.6 is 22.6 Å². The Morgan fingerprint density at radius 2 is 2.23 bits per heavy atom. The van der Waals surface area contributed by atoms with Gasteiger partial charge in [0.05, 0.1) is 28.5 Å². The summed E-state index contributed by atoms with van der Waals surface area (Å²) in [6.45, 7) is 7.70. The first-order chi connectivity index (χ1) is 5.97. The van der Waals surface area contributed by atoms with Crippen LogP contribution in [0.2, 0.25) is 0 Å². The molecule has 0 atom stereocenters. The van der Waals surface area contributed by atoms with Gasteiger partial charge >= 0.3 is 0 Å². The number of nitrogens with zero attached hydrogens (tertiary/aromatic N) is 2. The topological polar surface area (TPSA) is 27.1 Å². The number of hydrogen-bond acceptors (Lipinski definition) is 2. The second-order valence-electron chi connectivity index (χ2n) is 3.88. The van der Waals surface area contributed by atoms with Gasteiger partial charge in [-0.1, -0.05) is 0 Å². The van der Waals surface area contributed by atoms with Crippen LogP contribution in [0.4, 0.5) is 0 Å². The normalized spacial score (nSPS) is 12.0. The first kappa shape index (κ1) is 11.0. The van der Waals surface area contributed by atoms with Gasteiger partial charge in [0.2, 0.25) is 0 Å². The van der Waals surface area contributed by atoms with Crippen molar-refractivity contribution >= 4 is 22.6 Å². The first-order valence-electron chi connectivity index (χ1n) is 4.29. The highest BCUT2D eigenvalue weighted by Gasteiger charge is 2.09. The number of halogens is 1. The molecule has 0 saturated heterocycles. The Morgan fingerprint density at radius 1 is 1.54 bits per heavy atom. The fourth-order valence-electron chi connectivity index (χ4n) is 0.906. The van der Waals surface area contributed by atoms with Crippen LogP contribution in [0.1, 0.15) is 20.8 Å². The van der Waals surface area contributed by atoms with Gasteiger partial charge in [0.15, 0.2) is 0 Å². The molecule has 0 spiro atoms. The van der Waals surface area contributed by atoms with E-state index in [1.807, 2.05) is 17.1 Å². The van der Waals surface area contributed by atoms with Gasteiger partial charge in [0, 0.05) is 6.20 Å². The number of rotatable bonds is 3. The Labute approximate surface area is 92.6 Å². The standard InChI is InChI=1S/C9H15IN2O/c1-9(2,3)13-5-4-12-7-8(10)6-11-12/h6-7H,4-5H2,1-3H3. The minimum atomic E-state index is -0.0553. The van der Waals surface area contributed by atoms with E-state index in [4.69, 9.17) is 4.74 Å². The minimum absolute atomic E-state index is 0.0553. The summed E-state index contributed by atoms with van der Waals surface area (Å²) in [5.41, 5.74) is -0.0553. The summed E-state index contributed by atoms with van der Waals surface area (Å²) in [7, 11) is 0. The highest BCUT2D eigenvalue weighted by atomic mass is 127. The third-order valence-electron chi connectivity index (χ3n) is 1.46. The number of ether oxygens (including phenoxy) is 1. The fourth-order valence-corrected chi connectivity index (χ4v) is 1.35. The zero-order valence-corrected chi connectivity index (χ0v) is 10.4. The van der Waals surface area contributed by atoms with Crippen molar-refractivity contribution in [3.8, 4) is 0 Å². The van der Waals surface area contributed by atoms with Crippen molar-refractivity contribution in [1.29, 1.82) is 0 Å². The van der Waals surface area contributed by atoms with Gasteiger partial charge in [0.1, 0.15) is 0 Å². The molecule has 1 aromatic rings. The molecule has 0 radical (unpaired) electrons. The number of hydrogen-bond donors (Lipinski definition) is 0. The van der Waals surface area contributed by atoms with Gasteiger partial charge in [-0.2, -0.15) is 5.10 Å². The highest BCUT2D eigenvalue weighted by Crippen LogP contribution is 2.07. The quantitative estimate of drug-likeness (QED) is 0.800. The Balaban J connectivity index is 2.28. The predicted octanol–water partition coefficient (Wildman–Crippen LogP) is 2.30. The van der Waals surface area contributed by atoms with Crippen molar-refractivity contribution in [2.45, 2.75) is 32.9 Å². The van der Waals surface area contributed by atoms with Crippen molar-refractivity contribution in [2.24, 2.45) is 0 Å². The molecule has 0 aliphatic rings. The van der Waals surface area contributed by atoms with Gasteiger partial charge in [0.25, 0.3) is 0 Å². The molecule has 1 aromatic heterocycles. The maximum Gasteiger partial charge on any atom is 0.0669 e. The molecular weight excluding hydrogens is 279 g/mol. The third-order valence-corrected chi connectivity index (χ3v) is 2.01. The van der Waals surface area contributed by atoms with E-state index < -0.39 is 0 Å². The van der Waals surface area contributed by atoms with E-state index in [2.05, 4.69) is 48.5 Å². The van der Waals surface area contributed by atoms with E-state index in [0.29, 0.717) is 6.61 Å². The smallest absolute Gasteiger partial charge is 0.0669 e. The van der Waals surface area contributed by atoms with E-state index >= 15 is 0 Å².